The number of nitrogens with zero attached hydrogens (tertiary/aromatic N) is 5. The third kappa shape index (κ3) is 5.28. The molecule has 0 spiro atoms. The maximum atomic E-state index is 13.4. The van der Waals surface area contributed by atoms with E-state index in [1.807, 2.05) is 43.3 Å². The first-order valence-corrected chi connectivity index (χ1v) is 11.3. The van der Waals surface area contributed by atoms with Crippen LogP contribution in [0.5, 0.6) is 0 Å². The fraction of sp³-hybridized carbons (Fsp3) is 0.261. The summed E-state index contributed by atoms with van der Waals surface area (Å²) in [7, 11) is 0. The quantitative estimate of drug-likeness (QED) is 0.366. The van der Waals surface area contributed by atoms with Crippen molar-refractivity contribution in [2.45, 2.75) is 24.9 Å². The Morgan fingerprint density at radius 1 is 1.16 bits per heavy atom. The summed E-state index contributed by atoms with van der Waals surface area (Å²) in [6.07, 6.45) is 0.366. The maximum absolute atomic E-state index is 13.4. The number of thioether (sulfide) groups is 1. The number of aryl methyl sites for hydroxylation is 1. The zero-order valence-corrected chi connectivity index (χ0v) is 19.0. The minimum Gasteiger partial charge on any atom is -0.340 e. The lowest BCUT2D eigenvalue weighted by Crippen LogP contribution is -2.34. The van der Waals surface area contributed by atoms with Crippen LogP contribution in [0.1, 0.15) is 18.4 Å². The molecule has 0 saturated carbocycles. The second kappa shape index (κ2) is 10.8. The molecular weight excluding hydrogens is 446 g/mol. The average Bonchev–Trinajstić information content (AvgIpc) is 2.78. The Balaban J connectivity index is 2.01. The molecule has 1 aromatic heterocycles. The first-order chi connectivity index (χ1) is 15.5. The van der Waals surface area contributed by atoms with Gasteiger partial charge in [0.15, 0.2) is 5.16 Å². The summed E-state index contributed by atoms with van der Waals surface area (Å²) < 4.78 is 1.51. The van der Waals surface area contributed by atoms with Crippen molar-refractivity contribution in [3.63, 3.8) is 0 Å². The van der Waals surface area contributed by atoms with Crippen LogP contribution < -0.4 is 5.56 Å². The number of halogens is 1. The molecule has 0 aliphatic carbocycles. The Morgan fingerprint density at radius 3 is 2.50 bits per heavy atom. The monoisotopic (exact) mass is 465 g/mol. The van der Waals surface area contributed by atoms with Gasteiger partial charge in [-0.2, -0.15) is 10.5 Å². The van der Waals surface area contributed by atoms with Crippen LogP contribution in [-0.4, -0.2) is 39.2 Å². The minimum atomic E-state index is -0.248. The van der Waals surface area contributed by atoms with E-state index in [2.05, 4.69) is 4.98 Å². The standard InChI is InChI=1S/C23H20ClN5O2S/c1-16-6-2-3-7-20(16)29-22(31)18-9-8-17(24)14-19(18)27-23(29)32-15-21(30)28(12-4-10-25)13-5-11-26/h2-3,6-9,14H,4-5,12-13,15H2,1H3. The molecule has 2 aromatic carbocycles. The topological polar surface area (TPSA) is 103 Å². The molecule has 0 N–H and O–H groups in total. The Labute approximate surface area is 194 Å². The van der Waals surface area contributed by atoms with Crippen molar-refractivity contribution >= 4 is 40.2 Å². The van der Waals surface area contributed by atoms with E-state index in [1.165, 1.54) is 9.47 Å². The number of carbonyl (C=O) groups excluding carboxylic acids is 1. The van der Waals surface area contributed by atoms with Gasteiger partial charge in [-0.3, -0.25) is 14.2 Å². The zero-order valence-electron chi connectivity index (χ0n) is 17.4. The van der Waals surface area contributed by atoms with Crippen molar-refractivity contribution in [1.29, 1.82) is 10.5 Å². The van der Waals surface area contributed by atoms with Crippen LogP contribution in [0.25, 0.3) is 16.6 Å². The third-order valence-electron chi connectivity index (χ3n) is 4.82. The van der Waals surface area contributed by atoms with Crippen molar-refractivity contribution in [2.75, 3.05) is 18.8 Å². The molecule has 32 heavy (non-hydrogen) atoms. The van der Waals surface area contributed by atoms with Gasteiger partial charge in [-0.1, -0.05) is 41.6 Å². The van der Waals surface area contributed by atoms with Gasteiger partial charge in [-0.15, -0.1) is 0 Å². The van der Waals surface area contributed by atoms with Crippen molar-refractivity contribution in [2.24, 2.45) is 0 Å². The van der Waals surface area contributed by atoms with E-state index < -0.39 is 0 Å². The van der Waals surface area contributed by atoms with E-state index in [1.54, 1.807) is 18.2 Å². The number of carbonyl (C=O) groups is 1. The van der Waals surface area contributed by atoms with E-state index in [0.717, 1.165) is 17.3 Å². The van der Waals surface area contributed by atoms with E-state index in [-0.39, 0.29) is 43.2 Å². The predicted molar refractivity (Wildman–Crippen MR) is 125 cm³/mol. The molecular formula is C23H20ClN5O2S. The molecule has 162 valence electrons. The molecule has 0 aliphatic heterocycles. The van der Waals surface area contributed by atoms with Crippen LogP contribution in [0.4, 0.5) is 0 Å². The predicted octanol–water partition coefficient (Wildman–Crippen LogP) is 4.10. The summed E-state index contributed by atoms with van der Waals surface area (Å²) >= 11 is 7.24. The fourth-order valence-electron chi connectivity index (χ4n) is 3.21. The first-order valence-electron chi connectivity index (χ1n) is 9.89. The number of amides is 1. The number of nitriles is 2. The fourth-order valence-corrected chi connectivity index (χ4v) is 4.29. The highest BCUT2D eigenvalue weighted by Gasteiger charge is 2.19. The Morgan fingerprint density at radius 2 is 1.84 bits per heavy atom. The van der Waals surface area contributed by atoms with Crippen molar-refractivity contribution in [1.82, 2.24) is 14.5 Å². The Bertz CT molecular complexity index is 1270. The Hall–Kier alpha value is -3.33. The molecule has 9 heteroatoms. The summed E-state index contributed by atoms with van der Waals surface area (Å²) in [5.74, 6) is -0.210. The van der Waals surface area contributed by atoms with Crippen LogP contribution in [0.2, 0.25) is 5.02 Å². The molecule has 0 bridgehead atoms. The molecule has 3 aromatic rings. The smallest absolute Gasteiger partial charge is 0.266 e. The number of benzene rings is 2. The van der Waals surface area contributed by atoms with Gasteiger partial charge in [-0.25, -0.2) is 4.98 Å². The summed E-state index contributed by atoms with van der Waals surface area (Å²) in [5, 5.41) is 19.0. The van der Waals surface area contributed by atoms with Crippen LogP contribution >= 0.6 is 23.4 Å². The lowest BCUT2D eigenvalue weighted by Gasteiger charge is -2.20. The highest BCUT2D eigenvalue weighted by Crippen LogP contribution is 2.24. The molecule has 0 atom stereocenters. The molecule has 3 rings (SSSR count). The summed E-state index contributed by atoms with van der Waals surface area (Å²) in [5.41, 5.74) is 1.78. The second-order valence-electron chi connectivity index (χ2n) is 6.97. The molecule has 1 heterocycles. The number of para-hydroxylation sites is 1. The number of hydrogen-bond donors (Lipinski definition) is 0. The summed E-state index contributed by atoms with van der Waals surface area (Å²) in [6.45, 7) is 2.41. The van der Waals surface area contributed by atoms with Gasteiger partial charge in [0.05, 0.1) is 47.3 Å². The lowest BCUT2D eigenvalue weighted by molar-refractivity contribution is -0.128. The van der Waals surface area contributed by atoms with Gasteiger partial charge in [0.25, 0.3) is 5.56 Å². The first kappa shape index (κ1) is 23.3. The normalized spacial score (nSPS) is 10.5. The van der Waals surface area contributed by atoms with E-state index in [0.29, 0.717) is 26.8 Å². The SMILES string of the molecule is Cc1ccccc1-n1c(SCC(=O)N(CCC#N)CCC#N)nc2cc(Cl)ccc2c1=O. The summed E-state index contributed by atoms with van der Waals surface area (Å²) in [4.78, 5) is 32.3. The Kier molecular flexibility index (Phi) is 7.88. The van der Waals surface area contributed by atoms with Crippen molar-refractivity contribution in [3.05, 3.63) is 63.4 Å². The highest BCUT2D eigenvalue weighted by atomic mass is 35.5. The van der Waals surface area contributed by atoms with Crippen molar-refractivity contribution in [3.8, 4) is 17.8 Å². The molecule has 0 fully saturated rings. The number of fused-ring (bicyclic) bond motifs is 1. The van der Waals surface area contributed by atoms with E-state index in [4.69, 9.17) is 22.1 Å². The number of hydrogen-bond acceptors (Lipinski definition) is 6. The molecule has 7 nitrogen and oxygen atoms in total. The number of aromatic nitrogens is 2. The number of rotatable bonds is 8. The van der Waals surface area contributed by atoms with Gasteiger partial charge in [0.1, 0.15) is 0 Å². The molecule has 1 amide bonds. The molecule has 0 aliphatic rings. The maximum Gasteiger partial charge on any atom is 0.266 e. The largest absolute Gasteiger partial charge is 0.340 e. The van der Waals surface area contributed by atoms with Crippen molar-refractivity contribution < 1.29 is 4.79 Å². The van der Waals surface area contributed by atoms with Crippen LogP contribution in [-0.2, 0) is 4.79 Å². The third-order valence-corrected chi connectivity index (χ3v) is 5.98. The minimum absolute atomic E-state index is 0.0151. The van der Waals surface area contributed by atoms with Gasteiger partial charge in [0.2, 0.25) is 5.91 Å². The summed E-state index contributed by atoms with van der Waals surface area (Å²) in [6, 6.07) is 16.4. The van der Waals surface area contributed by atoms with Gasteiger partial charge < -0.3 is 4.90 Å². The lowest BCUT2D eigenvalue weighted by atomic mass is 10.2. The second-order valence-corrected chi connectivity index (χ2v) is 8.35. The average molecular weight is 466 g/mol. The van der Waals surface area contributed by atoms with E-state index >= 15 is 0 Å². The molecule has 0 radical (unpaired) electrons. The molecule has 0 unspecified atom stereocenters. The molecule has 0 saturated heterocycles. The van der Waals surface area contributed by atoms with Gasteiger partial charge in [-0.05, 0) is 36.8 Å². The van der Waals surface area contributed by atoms with Gasteiger partial charge >= 0.3 is 0 Å². The zero-order chi connectivity index (χ0) is 23.1. The van der Waals surface area contributed by atoms with Crippen LogP contribution in [0, 0.1) is 29.6 Å². The van der Waals surface area contributed by atoms with Crippen LogP contribution in [0.3, 0.4) is 0 Å². The highest BCUT2D eigenvalue weighted by molar-refractivity contribution is 7.99. The van der Waals surface area contributed by atoms with E-state index in [9.17, 15) is 9.59 Å². The van der Waals surface area contributed by atoms with Crippen LogP contribution in [0.15, 0.2) is 52.4 Å². The van der Waals surface area contributed by atoms with Gasteiger partial charge in [0, 0.05) is 18.1 Å².